The van der Waals surface area contributed by atoms with Crippen molar-refractivity contribution in [2.45, 2.75) is 13.5 Å². The van der Waals surface area contributed by atoms with E-state index in [1.54, 1.807) is 35.0 Å². The number of amides is 2. The first-order valence-electron chi connectivity index (χ1n) is 7.13. The Labute approximate surface area is 132 Å². The molecule has 3 aromatic rings. The molecule has 0 spiro atoms. The van der Waals surface area contributed by atoms with Gasteiger partial charge in [-0.1, -0.05) is 11.3 Å². The normalized spacial score (nSPS) is 10.7. The fourth-order valence-corrected chi connectivity index (χ4v) is 2.30. The quantitative estimate of drug-likeness (QED) is 0.767. The van der Waals surface area contributed by atoms with Crippen LogP contribution in [-0.4, -0.2) is 26.8 Å². The second-order valence-corrected chi connectivity index (χ2v) is 5.01. The lowest BCUT2D eigenvalue weighted by Crippen LogP contribution is -2.14. The van der Waals surface area contributed by atoms with Crippen molar-refractivity contribution in [1.82, 2.24) is 15.0 Å². The summed E-state index contributed by atoms with van der Waals surface area (Å²) in [6.07, 6.45) is 0. The molecule has 0 aliphatic carbocycles. The molecule has 0 saturated heterocycles. The summed E-state index contributed by atoms with van der Waals surface area (Å²) in [7, 11) is 0. The number of rotatable bonds is 4. The molecule has 0 radical (unpaired) electrons. The number of carbonyl (C=O) groups is 2. The number of nitrogens with zero attached hydrogens (tertiary/aromatic N) is 3. The van der Waals surface area contributed by atoms with Crippen LogP contribution in [0.4, 0.5) is 5.69 Å². The van der Waals surface area contributed by atoms with Crippen LogP contribution in [0.25, 0.3) is 11.0 Å². The molecule has 0 fully saturated rings. The Morgan fingerprint density at radius 1 is 1.17 bits per heavy atom. The topological polar surface area (TPSA) is 103 Å². The summed E-state index contributed by atoms with van der Waals surface area (Å²) in [4.78, 5) is 23.5. The summed E-state index contributed by atoms with van der Waals surface area (Å²) < 4.78 is 1.76. The van der Waals surface area contributed by atoms with Crippen LogP contribution in [-0.2, 0) is 6.54 Å². The van der Waals surface area contributed by atoms with Crippen LogP contribution in [0.3, 0.4) is 0 Å². The number of carbonyl (C=O) groups excluding carboxylic acids is 2. The molecule has 7 nitrogen and oxygen atoms in total. The Hall–Kier alpha value is -3.22. The van der Waals surface area contributed by atoms with E-state index in [-0.39, 0.29) is 5.91 Å². The van der Waals surface area contributed by atoms with E-state index in [9.17, 15) is 9.59 Å². The molecule has 0 atom stereocenters. The van der Waals surface area contributed by atoms with Crippen molar-refractivity contribution in [3.05, 3.63) is 53.6 Å². The maximum absolute atomic E-state index is 12.3. The number of fused-ring (bicyclic) bond motifs is 1. The van der Waals surface area contributed by atoms with Gasteiger partial charge >= 0.3 is 0 Å². The van der Waals surface area contributed by atoms with Crippen molar-refractivity contribution in [3.63, 3.8) is 0 Å². The number of primary amides is 1. The third-order valence-electron chi connectivity index (χ3n) is 3.48. The predicted molar refractivity (Wildman–Crippen MR) is 86.1 cm³/mol. The van der Waals surface area contributed by atoms with E-state index in [1.807, 2.05) is 13.0 Å². The summed E-state index contributed by atoms with van der Waals surface area (Å²) in [5.41, 5.74) is 8.07. The number of hydrogen-bond donors (Lipinski definition) is 2. The molecule has 2 aromatic carbocycles. The molecule has 0 bridgehead atoms. The minimum Gasteiger partial charge on any atom is -0.366 e. The first-order chi connectivity index (χ1) is 11.1. The molecule has 1 aromatic heterocycles. The van der Waals surface area contributed by atoms with Gasteiger partial charge in [-0.3, -0.25) is 9.59 Å². The minimum absolute atomic E-state index is 0.292. The lowest BCUT2D eigenvalue weighted by molar-refractivity contribution is 0.0996. The highest BCUT2D eigenvalue weighted by atomic mass is 16.2. The molecule has 3 N–H and O–H groups in total. The molecule has 116 valence electrons. The van der Waals surface area contributed by atoms with E-state index in [1.165, 1.54) is 6.07 Å². The molecule has 1 heterocycles. The van der Waals surface area contributed by atoms with Crippen LogP contribution >= 0.6 is 0 Å². The van der Waals surface area contributed by atoms with Gasteiger partial charge in [-0.2, -0.15) is 0 Å². The van der Waals surface area contributed by atoms with Gasteiger partial charge in [0.25, 0.3) is 5.91 Å². The minimum atomic E-state index is -0.543. The van der Waals surface area contributed by atoms with Gasteiger partial charge in [0.05, 0.1) is 5.52 Å². The van der Waals surface area contributed by atoms with E-state index >= 15 is 0 Å². The number of hydrogen-bond acceptors (Lipinski definition) is 4. The first kappa shape index (κ1) is 14.7. The number of nitrogens with two attached hydrogens (primary N) is 1. The van der Waals surface area contributed by atoms with Crippen molar-refractivity contribution in [2.24, 2.45) is 5.73 Å². The Kier molecular flexibility index (Phi) is 3.76. The fourth-order valence-electron chi connectivity index (χ4n) is 2.30. The van der Waals surface area contributed by atoms with E-state index in [0.717, 1.165) is 5.52 Å². The zero-order valence-corrected chi connectivity index (χ0v) is 12.5. The smallest absolute Gasteiger partial charge is 0.255 e. The Morgan fingerprint density at radius 3 is 2.74 bits per heavy atom. The monoisotopic (exact) mass is 309 g/mol. The second-order valence-electron chi connectivity index (χ2n) is 5.01. The van der Waals surface area contributed by atoms with Gasteiger partial charge in [0.1, 0.15) is 5.52 Å². The molecular weight excluding hydrogens is 294 g/mol. The van der Waals surface area contributed by atoms with E-state index in [2.05, 4.69) is 15.6 Å². The Balaban J connectivity index is 1.85. The molecule has 23 heavy (non-hydrogen) atoms. The summed E-state index contributed by atoms with van der Waals surface area (Å²) >= 11 is 0. The lowest BCUT2D eigenvalue weighted by atomic mass is 10.1. The van der Waals surface area contributed by atoms with Crippen molar-refractivity contribution in [2.75, 3.05) is 5.32 Å². The number of aromatic nitrogens is 3. The highest BCUT2D eigenvalue weighted by molar-refractivity contribution is 6.06. The molecule has 0 aliphatic rings. The fraction of sp³-hybridized carbons (Fsp3) is 0.125. The van der Waals surface area contributed by atoms with Gasteiger partial charge in [-0.25, -0.2) is 4.68 Å². The van der Waals surface area contributed by atoms with E-state index in [0.29, 0.717) is 28.9 Å². The Morgan fingerprint density at radius 2 is 2.00 bits per heavy atom. The zero-order valence-electron chi connectivity index (χ0n) is 12.5. The molecule has 0 saturated carbocycles. The number of aryl methyl sites for hydroxylation is 1. The first-order valence-corrected chi connectivity index (χ1v) is 7.13. The average molecular weight is 309 g/mol. The summed E-state index contributed by atoms with van der Waals surface area (Å²) in [5, 5.41) is 10.8. The molecular formula is C16H15N5O2. The van der Waals surface area contributed by atoms with Crippen molar-refractivity contribution in [3.8, 4) is 0 Å². The molecule has 0 aliphatic heterocycles. The molecule has 3 rings (SSSR count). The van der Waals surface area contributed by atoms with Gasteiger partial charge in [-0.15, -0.1) is 5.10 Å². The molecule has 7 heteroatoms. The summed E-state index contributed by atoms with van der Waals surface area (Å²) in [6.45, 7) is 2.68. The third-order valence-corrected chi connectivity index (χ3v) is 3.48. The summed E-state index contributed by atoms with van der Waals surface area (Å²) in [5.74, 6) is -0.835. The van der Waals surface area contributed by atoms with Crippen LogP contribution in [0.2, 0.25) is 0 Å². The average Bonchev–Trinajstić information content (AvgIpc) is 2.97. The highest BCUT2D eigenvalue weighted by Crippen LogP contribution is 2.16. The standard InChI is InChI=1S/C16H15N5O2/c1-2-21-14-7-6-11(9-13(14)19-20-21)16(23)18-12-5-3-4-10(8-12)15(17)22/h3-9H,2H2,1H3,(H2,17,22)(H,18,23). The van der Waals surface area contributed by atoms with Crippen molar-refractivity contribution < 1.29 is 9.59 Å². The van der Waals surface area contributed by atoms with Gasteiger partial charge in [0.2, 0.25) is 5.91 Å². The third kappa shape index (κ3) is 2.89. The van der Waals surface area contributed by atoms with Crippen molar-refractivity contribution >= 4 is 28.5 Å². The zero-order chi connectivity index (χ0) is 16.4. The second kappa shape index (κ2) is 5.88. The SMILES string of the molecule is CCn1nnc2cc(C(=O)Nc3cccc(C(N)=O)c3)ccc21. The van der Waals surface area contributed by atoms with Crippen LogP contribution in [0, 0.1) is 0 Å². The van der Waals surface area contributed by atoms with Crippen LogP contribution in [0.1, 0.15) is 27.6 Å². The largest absolute Gasteiger partial charge is 0.366 e. The van der Waals surface area contributed by atoms with Crippen LogP contribution < -0.4 is 11.1 Å². The van der Waals surface area contributed by atoms with Gasteiger partial charge < -0.3 is 11.1 Å². The van der Waals surface area contributed by atoms with Crippen LogP contribution in [0.15, 0.2) is 42.5 Å². The number of anilines is 1. The van der Waals surface area contributed by atoms with Crippen LogP contribution in [0.5, 0.6) is 0 Å². The maximum atomic E-state index is 12.3. The van der Waals surface area contributed by atoms with Crippen molar-refractivity contribution in [1.29, 1.82) is 0 Å². The van der Waals surface area contributed by atoms with E-state index < -0.39 is 5.91 Å². The Bertz CT molecular complexity index is 900. The van der Waals surface area contributed by atoms with Gasteiger partial charge in [0.15, 0.2) is 0 Å². The molecule has 0 unspecified atom stereocenters. The number of nitrogens with one attached hydrogen (secondary N) is 1. The van der Waals surface area contributed by atoms with Gasteiger partial charge in [0, 0.05) is 23.4 Å². The maximum Gasteiger partial charge on any atom is 0.255 e. The lowest BCUT2D eigenvalue weighted by Gasteiger charge is -2.06. The van der Waals surface area contributed by atoms with E-state index in [4.69, 9.17) is 5.73 Å². The predicted octanol–water partition coefficient (Wildman–Crippen LogP) is 1.80. The van der Waals surface area contributed by atoms with Gasteiger partial charge in [-0.05, 0) is 43.3 Å². The summed E-state index contributed by atoms with van der Waals surface area (Å²) in [6, 6.07) is 11.7. The highest BCUT2D eigenvalue weighted by Gasteiger charge is 2.11. The number of benzene rings is 2. The molecule has 2 amide bonds.